The number of rotatable bonds is 8. The first-order chi connectivity index (χ1) is 11.2. The first-order valence-corrected chi connectivity index (χ1v) is 7.92. The van der Waals surface area contributed by atoms with Gasteiger partial charge in [-0.25, -0.2) is 4.98 Å². The Morgan fingerprint density at radius 1 is 1.35 bits per heavy atom. The van der Waals surface area contributed by atoms with Crippen molar-refractivity contribution in [2.45, 2.75) is 26.4 Å². The Morgan fingerprint density at radius 2 is 2.09 bits per heavy atom. The summed E-state index contributed by atoms with van der Waals surface area (Å²) >= 11 is 0. The van der Waals surface area contributed by atoms with Crippen LogP contribution in [-0.4, -0.2) is 27.2 Å². The summed E-state index contributed by atoms with van der Waals surface area (Å²) in [5.74, 6) is -0.741. The fourth-order valence-electron chi connectivity index (χ4n) is 2.71. The Labute approximate surface area is 136 Å². The van der Waals surface area contributed by atoms with Gasteiger partial charge in [0.05, 0.1) is 12.2 Å². The topological polar surface area (TPSA) is 64.3 Å². The summed E-state index contributed by atoms with van der Waals surface area (Å²) in [6.07, 6.45) is 4.73. The van der Waals surface area contributed by atoms with Crippen LogP contribution in [-0.2, 0) is 29.6 Å². The van der Waals surface area contributed by atoms with E-state index >= 15 is 0 Å². The number of carbonyl (C=O) groups excluding carboxylic acids is 1. The molecule has 1 heterocycles. The molecule has 0 saturated carbocycles. The predicted octanol–water partition coefficient (Wildman–Crippen LogP) is 2.34. The second kappa shape index (κ2) is 8.48. The lowest BCUT2D eigenvalue weighted by molar-refractivity contribution is -0.152. The molecule has 2 atom stereocenters. The number of aromatic nitrogens is 2. The Balaban J connectivity index is 1.98. The van der Waals surface area contributed by atoms with E-state index in [0.717, 1.165) is 11.3 Å². The summed E-state index contributed by atoms with van der Waals surface area (Å²) in [7, 11) is 1.91. The Hall–Kier alpha value is -2.14. The molecule has 1 N–H and O–H groups in total. The number of hydrogen-bond donors (Lipinski definition) is 1. The average molecular weight is 316 g/mol. The van der Waals surface area contributed by atoms with Crippen molar-refractivity contribution in [2.75, 3.05) is 6.61 Å². The molecule has 0 fully saturated rings. The molecule has 2 rings (SSSR count). The van der Waals surface area contributed by atoms with Crippen molar-refractivity contribution in [3.63, 3.8) is 0 Å². The predicted molar refractivity (Wildman–Crippen MR) is 87.5 cm³/mol. The Bertz CT molecular complexity index is 610. The molecule has 0 bridgehead atoms. The lowest BCUT2D eigenvalue weighted by Crippen LogP contribution is -2.29. The lowest BCUT2D eigenvalue weighted by atomic mass is 9.87. The maximum absolute atomic E-state index is 12.4. The van der Waals surface area contributed by atoms with Crippen LogP contribution in [0.15, 0.2) is 42.9 Å². The van der Waals surface area contributed by atoms with Gasteiger partial charge in [-0.15, -0.1) is 0 Å². The Morgan fingerprint density at radius 3 is 2.65 bits per heavy atom. The number of aliphatic hydroxyl groups is 1. The molecule has 1 aromatic carbocycles. The van der Waals surface area contributed by atoms with Gasteiger partial charge in [0.25, 0.3) is 0 Å². The molecule has 0 spiro atoms. The van der Waals surface area contributed by atoms with Crippen LogP contribution < -0.4 is 0 Å². The van der Waals surface area contributed by atoms with Crippen LogP contribution in [0.2, 0.25) is 0 Å². The third kappa shape index (κ3) is 4.66. The van der Waals surface area contributed by atoms with Gasteiger partial charge in [0, 0.05) is 31.5 Å². The highest BCUT2D eigenvalue weighted by Gasteiger charge is 2.28. The molecular formula is C18H24N2O3. The van der Waals surface area contributed by atoms with Gasteiger partial charge in [-0.1, -0.05) is 37.3 Å². The maximum Gasteiger partial charge on any atom is 0.309 e. The first-order valence-electron chi connectivity index (χ1n) is 7.92. The summed E-state index contributed by atoms with van der Waals surface area (Å²) in [6, 6.07) is 9.61. The van der Waals surface area contributed by atoms with Crippen molar-refractivity contribution < 1.29 is 14.6 Å². The third-order valence-corrected chi connectivity index (χ3v) is 4.16. The molecule has 0 amide bonds. The van der Waals surface area contributed by atoms with Crippen LogP contribution in [0, 0.1) is 11.8 Å². The quantitative estimate of drug-likeness (QED) is 0.759. The molecule has 0 aliphatic rings. The van der Waals surface area contributed by atoms with Crippen molar-refractivity contribution in [3.05, 3.63) is 54.1 Å². The molecule has 0 saturated heterocycles. The molecule has 23 heavy (non-hydrogen) atoms. The van der Waals surface area contributed by atoms with E-state index in [1.165, 1.54) is 0 Å². The highest BCUT2D eigenvalue weighted by molar-refractivity contribution is 5.72. The van der Waals surface area contributed by atoms with Gasteiger partial charge in [0.2, 0.25) is 0 Å². The van der Waals surface area contributed by atoms with E-state index in [1.807, 2.05) is 48.9 Å². The summed E-state index contributed by atoms with van der Waals surface area (Å²) in [5, 5.41) is 9.71. The number of carbonyl (C=O) groups is 1. The van der Waals surface area contributed by atoms with Crippen LogP contribution in [0.4, 0.5) is 0 Å². The zero-order chi connectivity index (χ0) is 16.7. The largest absolute Gasteiger partial charge is 0.461 e. The Kier molecular flexibility index (Phi) is 6.35. The summed E-state index contributed by atoms with van der Waals surface area (Å²) in [6.45, 7) is 2.16. The monoisotopic (exact) mass is 316 g/mol. The number of aryl methyl sites for hydroxylation is 1. The fraction of sp³-hybridized carbons (Fsp3) is 0.444. The van der Waals surface area contributed by atoms with Gasteiger partial charge in [-0.3, -0.25) is 4.79 Å². The third-order valence-electron chi connectivity index (χ3n) is 4.16. The normalized spacial score (nSPS) is 13.5. The SMILES string of the molecule is CCC(C(=O)OCc1ccccc1)C(CO)Cc1cncn1C. The standard InChI is InChI=1S/C18H24N2O3/c1-3-17(15(11-21)9-16-10-19-13-20(16)2)18(22)23-12-14-7-5-4-6-8-14/h4-8,10,13,15,17,21H,3,9,11-12H2,1-2H3. The van der Waals surface area contributed by atoms with E-state index in [1.54, 1.807) is 12.5 Å². The molecule has 5 nitrogen and oxygen atoms in total. The van der Waals surface area contributed by atoms with E-state index < -0.39 is 0 Å². The molecule has 5 heteroatoms. The van der Waals surface area contributed by atoms with E-state index in [0.29, 0.717) is 12.8 Å². The van der Waals surface area contributed by atoms with E-state index in [9.17, 15) is 9.90 Å². The average Bonchev–Trinajstić information content (AvgIpc) is 2.98. The van der Waals surface area contributed by atoms with Gasteiger partial charge in [-0.05, 0) is 18.4 Å². The zero-order valence-corrected chi connectivity index (χ0v) is 13.7. The molecule has 0 radical (unpaired) electrons. The molecule has 0 aliphatic heterocycles. The van der Waals surface area contributed by atoms with Gasteiger partial charge in [-0.2, -0.15) is 0 Å². The van der Waals surface area contributed by atoms with Gasteiger partial charge < -0.3 is 14.4 Å². The molecule has 0 aliphatic carbocycles. The van der Waals surface area contributed by atoms with Gasteiger partial charge in [0.1, 0.15) is 6.61 Å². The fourth-order valence-corrected chi connectivity index (χ4v) is 2.71. The van der Waals surface area contributed by atoms with Crippen LogP contribution in [0.1, 0.15) is 24.6 Å². The summed E-state index contributed by atoms with van der Waals surface area (Å²) < 4.78 is 7.35. The van der Waals surface area contributed by atoms with E-state index in [-0.39, 0.29) is 31.0 Å². The van der Waals surface area contributed by atoms with Crippen LogP contribution in [0.5, 0.6) is 0 Å². The second-order valence-electron chi connectivity index (χ2n) is 5.75. The van der Waals surface area contributed by atoms with E-state index in [4.69, 9.17) is 4.74 Å². The molecular weight excluding hydrogens is 292 g/mol. The van der Waals surface area contributed by atoms with Gasteiger partial charge >= 0.3 is 5.97 Å². The number of imidazole rings is 1. The van der Waals surface area contributed by atoms with Crippen molar-refractivity contribution in [1.82, 2.24) is 9.55 Å². The number of hydrogen-bond acceptors (Lipinski definition) is 4. The minimum Gasteiger partial charge on any atom is -0.461 e. The molecule has 124 valence electrons. The second-order valence-corrected chi connectivity index (χ2v) is 5.75. The summed E-state index contributed by atoms with van der Waals surface area (Å²) in [4.78, 5) is 16.5. The minimum absolute atomic E-state index is 0.0515. The number of benzene rings is 1. The van der Waals surface area contributed by atoms with Crippen LogP contribution >= 0.6 is 0 Å². The smallest absolute Gasteiger partial charge is 0.309 e. The van der Waals surface area contributed by atoms with Crippen molar-refractivity contribution >= 4 is 5.97 Å². The highest BCUT2D eigenvalue weighted by atomic mass is 16.5. The van der Waals surface area contributed by atoms with Crippen molar-refractivity contribution in [2.24, 2.45) is 18.9 Å². The molecule has 2 aromatic rings. The minimum atomic E-state index is -0.321. The number of aliphatic hydroxyl groups excluding tert-OH is 1. The summed E-state index contributed by atoms with van der Waals surface area (Å²) in [5.41, 5.74) is 1.96. The van der Waals surface area contributed by atoms with Crippen molar-refractivity contribution in [3.8, 4) is 0 Å². The molecule has 2 unspecified atom stereocenters. The number of ether oxygens (including phenoxy) is 1. The highest BCUT2D eigenvalue weighted by Crippen LogP contribution is 2.22. The number of esters is 1. The van der Waals surface area contributed by atoms with Crippen LogP contribution in [0.3, 0.4) is 0 Å². The van der Waals surface area contributed by atoms with Crippen LogP contribution in [0.25, 0.3) is 0 Å². The van der Waals surface area contributed by atoms with Crippen molar-refractivity contribution in [1.29, 1.82) is 0 Å². The maximum atomic E-state index is 12.4. The molecule has 1 aromatic heterocycles. The van der Waals surface area contributed by atoms with Gasteiger partial charge in [0.15, 0.2) is 0 Å². The first kappa shape index (κ1) is 17.2. The van der Waals surface area contributed by atoms with E-state index in [2.05, 4.69) is 4.98 Å². The number of nitrogens with zero attached hydrogens (tertiary/aromatic N) is 2. The zero-order valence-electron chi connectivity index (χ0n) is 13.7. The lowest BCUT2D eigenvalue weighted by Gasteiger charge is -2.23.